The van der Waals surface area contributed by atoms with E-state index in [2.05, 4.69) is 0 Å². The Bertz CT molecular complexity index is 614. The second-order valence-corrected chi connectivity index (χ2v) is 4.68. The highest BCUT2D eigenvalue weighted by atomic mass is 35.5. The highest BCUT2D eigenvalue weighted by molar-refractivity contribution is 6.32. The van der Waals surface area contributed by atoms with Crippen molar-refractivity contribution >= 4 is 23.2 Å². The molecule has 1 aliphatic rings. The molecule has 19 heavy (non-hydrogen) atoms. The van der Waals surface area contributed by atoms with Crippen LogP contribution >= 0.6 is 23.2 Å². The molecular formula is C14H10Cl2O3. The third kappa shape index (κ3) is 2.57. The number of ether oxygens (including phenoxy) is 3. The van der Waals surface area contributed by atoms with E-state index < -0.39 is 0 Å². The lowest BCUT2D eigenvalue weighted by Gasteiger charge is -2.08. The Labute approximate surface area is 120 Å². The van der Waals surface area contributed by atoms with Crippen LogP contribution in [-0.4, -0.2) is 6.79 Å². The van der Waals surface area contributed by atoms with Crippen molar-refractivity contribution in [3.63, 3.8) is 0 Å². The maximum absolute atomic E-state index is 6.08. The summed E-state index contributed by atoms with van der Waals surface area (Å²) in [4.78, 5) is 0. The molecule has 5 heteroatoms. The van der Waals surface area contributed by atoms with Gasteiger partial charge in [0.15, 0.2) is 11.5 Å². The molecule has 0 unspecified atom stereocenters. The van der Waals surface area contributed by atoms with E-state index in [4.69, 9.17) is 37.4 Å². The van der Waals surface area contributed by atoms with E-state index in [0.717, 1.165) is 11.3 Å². The summed E-state index contributed by atoms with van der Waals surface area (Å²) >= 11 is 11.8. The van der Waals surface area contributed by atoms with E-state index in [1.54, 1.807) is 12.1 Å². The van der Waals surface area contributed by atoms with E-state index in [1.165, 1.54) is 0 Å². The first-order valence-electron chi connectivity index (χ1n) is 5.68. The highest BCUT2D eigenvalue weighted by Crippen LogP contribution is 2.37. The molecule has 3 rings (SSSR count). The molecule has 2 aromatic rings. The number of hydrogen-bond donors (Lipinski definition) is 0. The first-order valence-corrected chi connectivity index (χ1v) is 6.59. The van der Waals surface area contributed by atoms with E-state index in [0.29, 0.717) is 28.2 Å². The molecule has 0 bridgehead atoms. The van der Waals surface area contributed by atoms with Crippen molar-refractivity contribution in [2.24, 2.45) is 0 Å². The van der Waals surface area contributed by atoms with Gasteiger partial charge in [-0.2, -0.15) is 0 Å². The zero-order valence-corrected chi connectivity index (χ0v) is 11.4. The van der Waals surface area contributed by atoms with Crippen LogP contribution in [0.4, 0.5) is 0 Å². The number of rotatable bonds is 3. The van der Waals surface area contributed by atoms with Gasteiger partial charge in [0.05, 0.1) is 0 Å². The lowest BCUT2D eigenvalue weighted by atomic mass is 10.2. The van der Waals surface area contributed by atoms with E-state index in [1.807, 2.05) is 24.3 Å². The summed E-state index contributed by atoms with van der Waals surface area (Å²) in [6.45, 7) is 0.245. The molecule has 0 saturated heterocycles. The van der Waals surface area contributed by atoms with Gasteiger partial charge in [-0.3, -0.25) is 0 Å². The molecule has 98 valence electrons. The average Bonchev–Trinajstić information content (AvgIpc) is 2.86. The Kier molecular flexibility index (Phi) is 3.40. The molecule has 0 amide bonds. The van der Waals surface area contributed by atoms with Crippen LogP contribution in [0, 0.1) is 0 Å². The maximum Gasteiger partial charge on any atom is 0.231 e. The molecule has 0 atom stereocenters. The molecule has 2 aromatic carbocycles. The average molecular weight is 297 g/mol. The Morgan fingerprint density at radius 1 is 1.00 bits per heavy atom. The van der Waals surface area contributed by atoms with Crippen molar-refractivity contribution in [2.75, 3.05) is 6.79 Å². The summed E-state index contributed by atoms with van der Waals surface area (Å²) in [6, 6.07) is 10.8. The van der Waals surface area contributed by atoms with Crippen molar-refractivity contribution in [1.29, 1.82) is 0 Å². The number of halogens is 2. The van der Waals surface area contributed by atoms with Gasteiger partial charge in [0.1, 0.15) is 11.5 Å². The minimum absolute atomic E-state index is 0.245. The zero-order chi connectivity index (χ0) is 13.2. The van der Waals surface area contributed by atoms with Crippen LogP contribution in [0.25, 0.3) is 0 Å². The molecular weight excluding hydrogens is 287 g/mol. The van der Waals surface area contributed by atoms with Crippen molar-refractivity contribution < 1.29 is 14.2 Å². The summed E-state index contributed by atoms with van der Waals surface area (Å²) in [5.41, 5.74) is 0.876. The number of fused-ring (bicyclic) bond motifs is 1. The van der Waals surface area contributed by atoms with Gasteiger partial charge in [0, 0.05) is 17.0 Å². The standard InChI is InChI=1S/C14H10Cl2O3/c15-7-9-1-2-10(5-12(9)16)19-11-3-4-13-14(6-11)18-8-17-13/h1-6H,7-8H2. The first-order chi connectivity index (χ1) is 9.26. The summed E-state index contributed by atoms with van der Waals surface area (Å²) in [6.07, 6.45) is 0. The largest absolute Gasteiger partial charge is 0.457 e. The molecule has 0 N–H and O–H groups in total. The normalized spacial score (nSPS) is 12.5. The van der Waals surface area contributed by atoms with E-state index >= 15 is 0 Å². The van der Waals surface area contributed by atoms with Gasteiger partial charge in [-0.1, -0.05) is 17.7 Å². The third-order valence-electron chi connectivity index (χ3n) is 2.75. The SMILES string of the molecule is ClCc1ccc(Oc2ccc3c(c2)OCO3)cc1Cl. The summed E-state index contributed by atoms with van der Waals surface area (Å²) in [5, 5.41) is 0.591. The molecule has 3 nitrogen and oxygen atoms in total. The fraction of sp³-hybridized carbons (Fsp3) is 0.143. The second-order valence-electron chi connectivity index (χ2n) is 4.00. The van der Waals surface area contributed by atoms with Crippen LogP contribution in [0.2, 0.25) is 5.02 Å². The van der Waals surface area contributed by atoms with Crippen molar-refractivity contribution in [3.05, 3.63) is 47.0 Å². The monoisotopic (exact) mass is 296 g/mol. The molecule has 0 radical (unpaired) electrons. The minimum atomic E-state index is 0.245. The minimum Gasteiger partial charge on any atom is -0.457 e. The number of hydrogen-bond acceptors (Lipinski definition) is 3. The van der Waals surface area contributed by atoms with Crippen molar-refractivity contribution in [2.45, 2.75) is 5.88 Å². The summed E-state index contributed by atoms with van der Waals surface area (Å²) in [5.74, 6) is 3.10. The molecule has 1 aliphatic heterocycles. The van der Waals surface area contributed by atoms with E-state index in [9.17, 15) is 0 Å². The molecule has 0 aromatic heterocycles. The predicted octanol–water partition coefficient (Wildman–Crippen LogP) is 4.60. The molecule has 0 saturated carbocycles. The van der Waals surface area contributed by atoms with Gasteiger partial charge in [-0.05, 0) is 29.8 Å². The van der Waals surface area contributed by atoms with Crippen LogP contribution in [0.3, 0.4) is 0 Å². The Morgan fingerprint density at radius 3 is 2.53 bits per heavy atom. The van der Waals surface area contributed by atoms with Gasteiger partial charge < -0.3 is 14.2 Å². The maximum atomic E-state index is 6.08. The van der Waals surface area contributed by atoms with Crippen LogP contribution < -0.4 is 14.2 Å². The summed E-state index contributed by atoms with van der Waals surface area (Å²) in [7, 11) is 0. The highest BCUT2D eigenvalue weighted by Gasteiger charge is 2.14. The molecule has 0 spiro atoms. The van der Waals surface area contributed by atoms with Gasteiger partial charge >= 0.3 is 0 Å². The van der Waals surface area contributed by atoms with Crippen LogP contribution in [0.5, 0.6) is 23.0 Å². The Morgan fingerprint density at radius 2 is 1.74 bits per heavy atom. The van der Waals surface area contributed by atoms with Crippen molar-refractivity contribution in [1.82, 2.24) is 0 Å². The quantitative estimate of drug-likeness (QED) is 0.775. The van der Waals surface area contributed by atoms with Crippen LogP contribution in [0.1, 0.15) is 5.56 Å². The van der Waals surface area contributed by atoms with Crippen LogP contribution in [0.15, 0.2) is 36.4 Å². The zero-order valence-electron chi connectivity index (χ0n) is 9.86. The van der Waals surface area contributed by atoms with Crippen molar-refractivity contribution in [3.8, 4) is 23.0 Å². The van der Waals surface area contributed by atoms with E-state index in [-0.39, 0.29) is 6.79 Å². The second kappa shape index (κ2) is 5.19. The van der Waals surface area contributed by atoms with Gasteiger partial charge in [0.25, 0.3) is 0 Å². The van der Waals surface area contributed by atoms with Gasteiger partial charge in [0.2, 0.25) is 6.79 Å². The molecule has 1 heterocycles. The van der Waals surface area contributed by atoms with Crippen LogP contribution in [-0.2, 0) is 5.88 Å². The summed E-state index contributed by atoms with van der Waals surface area (Å²) < 4.78 is 16.3. The number of alkyl halides is 1. The Hall–Kier alpha value is -1.58. The molecule has 0 fully saturated rings. The lowest BCUT2D eigenvalue weighted by Crippen LogP contribution is -1.92. The topological polar surface area (TPSA) is 27.7 Å². The smallest absolute Gasteiger partial charge is 0.231 e. The predicted molar refractivity (Wildman–Crippen MR) is 73.6 cm³/mol. The fourth-order valence-electron chi connectivity index (χ4n) is 1.78. The number of benzene rings is 2. The molecule has 0 aliphatic carbocycles. The fourth-order valence-corrected chi connectivity index (χ4v) is 2.32. The van der Waals surface area contributed by atoms with Gasteiger partial charge in [-0.15, -0.1) is 11.6 Å². The van der Waals surface area contributed by atoms with Gasteiger partial charge in [-0.25, -0.2) is 0 Å². The first kappa shape index (κ1) is 12.5. The lowest BCUT2D eigenvalue weighted by molar-refractivity contribution is 0.174. The third-order valence-corrected chi connectivity index (χ3v) is 3.39. The Balaban J connectivity index is 1.83.